The summed E-state index contributed by atoms with van der Waals surface area (Å²) >= 11 is 0. The third-order valence-corrected chi connectivity index (χ3v) is 3.08. The SMILES string of the molecule is c1coc(-c2nnn(CCNCC3CCCO3)n2)c1. The van der Waals surface area contributed by atoms with Gasteiger partial charge in [0.2, 0.25) is 5.82 Å². The molecule has 0 spiro atoms. The summed E-state index contributed by atoms with van der Waals surface area (Å²) in [6.07, 6.45) is 4.28. The first kappa shape index (κ1) is 12.3. The highest BCUT2D eigenvalue weighted by Gasteiger charge is 2.14. The van der Waals surface area contributed by atoms with Crippen LogP contribution < -0.4 is 5.32 Å². The lowest BCUT2D eigenvalue weighted by Gasteiger charge is -2.09. The van der Waals surface area contributed by atoms with Gasteiger partial charge < -0.3 is 14.5 Å². The summed E-state index contributed by atoms with van der Waals surface area (Å²) in [7, 11) is 0. The highest BCUT2D eigenvalue weighted by atomic mass is 16.5. The molecule has 1 saturated heterocycles. The number of furan rings is 1. The molecule has 1 aliphatic rings. The molecule has 0 aromatic carbocycles. The molecule has 19 heavy (non-hydrogen) atoms. The summed E-state index contributed by atoms with van der Waals surface area (Å²) in [4.78, 5) is 1.57. The van der Waals surface area contributed by atoms with Gasteiger partial charge in [0.1, 0.15) is 0 Å². The van der Waals surface area contributed by atoms with Gasteiger partial charge in [-0.3, -0.25) is 0 Å². The van der Waals surface area contributed by atoms with Crippen LogP contribution in [0.3, 0.4) is 0 Å². The summed E-state index contributed by atoms with van der Waals surface area (Å²) in [5.74, 6) is 1.16. The van der Waals surface area contributed by atoms with Crippen molar-refractivity contribution in [1.29, 1.82) is 0 Å². The minimum atomic E-state index is 0.363. The van der Waals surface area contributed by atoms with Crippen molar-refractivity contribution < 1.29 is 9.15 Å². The van der Waals surface area contributed by atoms with E-state index in [4.69, 9.17) is 9.15 Å². The quantitative estimate of drug-likeness (QED) is 0.773. The van der Waals surface area contributed by atoms with E-state index in [0.29, 0.717) is 24.2 Å². The molecule has 3 heterocycles. The number of ether oxygens (including phenoxy) is 1. The molecule has 1 N–H and O–H groups in total. The molecule has 0 aliphatic carbocycles. The van der Waals surface area contributed by atoms with Gasteiger partial charge >= 0.3 is 0 Å². The van der Waals surface area contributed by atoms with E-state index >= 15 is 0 Å². The van der Waals surface area contributed by atoms with Crippen LogP contribution in [-0.4, -0.2) is 46.0 Å². The van der Waals surface area contributed by atoms with Crippen LogP contribution in [0.25, 0.3) is 11.6 Å². The Morgan fingerprint density at radius 1 is 1.47 bits per heavy atom. The van der Waals surface area contributed by atoms with Crippen LogP contribution in [0.2, 0.25) is 0 Å². The highest BCUT2D eigenvalue weighted by Crippen LogP contribution is 2.12. The Morgan fingerprint density at radius 2 is 2.47 bits per heavy atom. The molecule has 3 rings (SSSR count). The second-order valence-electron chi connectivity index (χ2n) is 4.53. The zero-order valence-electron chi connectivity index (χ0n) is 10.7. The van der Waals surface area contributed by atoms with E-state index in [-0.39, 0.29) is 0 Å². The molecule has 1 fully saturated rings. The molecule has 2 aromatic rings. The lowest BCUT2D eigenvalue weighted by molar-refractivity contribution is 0.110. The molecule has 1 unspecified atom stereocenters. The Morgan fingerprint density at radius 3 is 3.26 bits per heavy atom. The number of tetrazole rings is 1. The summed E-state index contributed by atoms with van der Waals surface area (Å²) < 4.78 is 10.7. The van der Waals surface area contributed by atoms with Crippen LogP contribution in [0.4, 0.5) is 0 Å². The standard InChI is InChI=1S/C12H17N5O2/c1-3-10(18-7-1)9-13-5-6-17-15-12(14-16-17)11-4-2-8-19-11/h2,4,8,10,13H,1,3,5-7,9H2. The van der Waals surface area contributed by atoms with Crippen molar-refractivity contribution in [2.24, 2.45) is 0 Å². The molecule has 7 heteroatoms. The van der Waals surface area contributed by atoms with Crippen molar-refractivity contribution in [3.05, 3.63) is 18.4 Å². The topological polar surface area (TPSA) is 78.0 Å². The van der Waals surface area contributed by atoms with E-state index in [0.717, 1.165) is 26.1 Å². The molecule has 2 aromatic heterocycles. The van der Waals surface area contributed by atoms with Gasteiger partial charge in [-0.25, -0.2) is 0 Å². The number of hydrogen-bond donors (Lipinski definition) is 1. The maximum absolute atomic E-state index is 5.53. The first-order chi connectivity index (χ1) is 9.42. The Balaban J connectivity index is 1.43. The number of nitrogens with one attached hydrogen (secondary N) is 1. The zero-order valence-corrected chi connectivity index (χ0v) is 10.7. The molecule has 0 radical (unpaired) electrons. The predicted octanol–water partition coefficient (Wildman–Crippen LogP) is 0.702. The van der Waals surface area contributed by atoms with Crippen molar-refractivity contribution in [3.63, 3.8) is 0 Å². The van der Waals surface area contributed by atoms with Gasteiger partial charge in [-0.1, -0.05) is 0 Å². The Bertz CT molecular complexity index is 490. The average molecular weight is 263 g/mol. The number of hydrogen-bond acceptors (Lipinski definition) is 6. The van der Waals surface area contributed by atoms with E-state index in [9.17, 15) is 0 Å². The fourth-order valence-corrected chi connectivity index (χ4v) is 2.09. The predicted molar refractivity (Wildman–Crippen MR) is 67.4 cm³/mol. The molecular weight excluding hydrogens is 246 g/mol. The molecule has 0 bridgehead atoms. The maximum Gasteiger partial charge on any atom is 0.240 e. The highest BCUT2D eigenvalue weighted by molar-refractivity contribution is 5.43. The van der Waals surface area contributed by atoms with E-state index in [1.807, 2.05) is 6.07 Å². The van der Waals surface area contributed by atoms with Gasteiger partial charge in [0, 0.05) is 19.7 Å². The summed E-state index contributed by atoms with van der Waals surface area (Å²) in [5.41, 5.74) is 0. The molecule has 0 saturated carbocycles. The van der Waals surface area contributed by atoms with Crippen LogP contribution in [0, 0.1) is 0 Å². The maximum atomic E-state index is 5.53. The lowest BCUT2D eigenvalue weighted by atomic mass is 10.2. The minimum Gasteiger partial charge on any atom is -0.461 e. The van der Waals surface area contributed by atoms with Crippen LogP contribution in [0.15, 0.2) is 22.8 Å². The minimum absolute atomic E-state index is 0.363. The van der Waals surface area contributed by atoms with Crippen LogP contribution in [0.1, 0.15) is 12.8 Å². The van der Waals surface area contributed by atoms with Gasteiger partial charge in [0.15, 0.2) is 5.76 Å². The Kier molecular flexibility index (Phi) is 3.85. The van der Waals surface area contributed by atoms with Crippen LogP contribution >= 0.6 is 0 Å². The first-order valence-corrected chi connectivity index (χ1v) is 6.56. The van der Waals surface area contributed by atoms with Crippen molar-refractivity contribution in [3.8, 4) is 11.6 Å². The smallest absolute Gasteiger partial charge is 0.240 e. The second-order valence-corrected chi connectivity index (χ2v) is 4.53. The van der Waals surface area contributed by atoms with Crippen molar-refractivity contribution in [2.75, 3.05) is 19.7 Å². The normalized spacial score (nSPS) is 19.1. The van der Waals surface area contributed by atoms with Gasteiger partial charge in [-0.05, 0) is 30.2 Å². The number of aromatic nitrogens is 4. The van der Waals surface area contributed by atoms with Gasteiger partial charge in [-0.2, -0.15) is 4.80 Å². The Labute approximate surface area is 110 Å². The van der Waals surface area contributed by atoms with E-state index in [1.165, 1.54) is 6.42 Å². The van der Waals surface area contributed by atoms with Gasteiger partial charge in [0.25, 0.3) is 0 Å². The van der Waals surface area contributed by atoms with Crippen molar-refractivity contribution in [1.82, 2.24) is 25.5 Å². The summed E-state index contributed by atoms with van der Waals surface area (Å²) in [6, 6.07) is 3.62. The van der Waals surface area contributed by atoms with Gasteiger partial charge in [-0.15, -0.1) is 10.2 Å². The molecule has 0 amide bonds. The Hall–Kier alpha value is -1.73. The molecule has 1 aliphatic heterocycles. The van der Waals surface area contributed by atoms with E-state index < -0.39 is 0 Å². The lowest BCUT2D eigenvalue weighted by Crippen LogP contribution is -2.29. The third-order valence-electron chi connectivity index (χ3n) is 3.08. The van der Waals surface area contributed by atoms with Crippen molar-refractivity contribution in [2.45, 2.75) is 25.5 Å². The molecule has 102 valence electrons. The van der Waals surface area contributed by atoms with Crippen molar-refractivity contribution >= 4 is 0 Å². The van der Waals surface area contributed by atoms with E-state index in [2.05, 4.69) is 20.7 Å². The van der Waals surface area contributed by atoms with Gasteiger partial charge in [0.05, 0.1) is 18.9 Å². The second kappa shape index (κ2) is 5.94. The van der Waals surface area contributed by atoms with E-state index in [1.54, 1.807) is 17.1 Å². The summed E-state index contributed by atoms with van der Waals surface area (Å²) in [5, 5.41) is 15.5. The third kappa shape index (κ3) is 3.18. The molecule has 1 atom stereocenters. The van der Waals surface area contributed by atoms with Crippen LogP contribution in [0.5, 0.6) is 0 Å². The number of rotatable bonds is 6. The average Bonchev–Trinajstić information content (AvgIpc) is 3.15. The zero-order chi connectivity index (χ0) is 12.9. The molecule has 7 nitrogen and oxygen atoms in total. The fourth-order valence-electron chi connectivity index (χ4n) is 2.09. The first-order valence-electron chi connectivity index (χ1n) is 6.56. The van der Waals surface area contributed by atoms with Crippen LogP contribution in [-0.2, 0) is 11.3 Å². The molecular formula is C12H17N5O2. The number of nitrogens with zero attached hydrogens (tertiary/aromatic N) is 4. The fraction of sp³-hybridized carbons (Fsp3) is 0.583. The summed E-state index contributed by atoms with van der Waals surface area (Å²) in [6.45, 7) is 3.26. The largest absolute Gasteiger partial charge is 0.461 e. The monoisotopic (exact) mass is 263 g/mol.